The summed E-state index contributed by atoms with van der Waals surface area (Å²) in [6.07, 6.45) is -3.22. The van der Waals surface area contributed by atoms with Crippen molar-refractivity contribution in [3.63, 3.8) is 0 Å². The molecule has 2 atom stereocenters. The Labute approximate surface area is 177 Å². The van der Waals surface area contributed by atoms with Gasteiger partial charge in [0.2, 0.25) is 0 Å². The number of methoxy groups -OCH3 is 1. The molecule has 1 saturated heterocycles. The van der Waals surface area contributed by atoms with E-state index in [0.29, 0.717) is 19.2 Å². The smallest absolute Gasteiger partial charge is 0.416 e. The highest BCUT2D eigenvalue weighted by Gasteiger charge is 2.32. The maximum absolute atomic E-state index is 13.2. The van der Waals surface area contributed by atoms with Crippen LogP contribution in [0.4, 0.5) is 24.5 Å². The Morgan fingerprint density at radius 2 is 1.84 bits per heavy atom. The van der Waals surface area contributed by atoms with E-state index >= 15 is 0 Å². The summed E-state index contributed by atoms with van der Waals surface area (Å²) >= 11 is 0. The molecule has 3 rings (SSSR count). The van der Waals surface area contributed by atoms with Crippen molar-refractivity contribution in [3.05, 3.63) is 53.3 Å². The number of ether oxygens (including phenoxy) is 2. The molecule has 2 heterocycles. The van der Waals surface area contributed by atoms with Crippen molar-refractivity contribution in [2.24, 2.45) is 0 Å². The largest absolute Gasteiger partial charge is 0.465 e. The summed E-state index contributed by atoms with van der Waals surface area (Å²) in [5.74, 6) is -1.65. The molecule has 1 aromatic carbocycles. The average molecular weight is 437 g/mol. The molecule has 31 heavy (non-hydrogen) atoms. The van der Waals surface area contributed by atoms with Gasteiger partial charge in [-0.3, -0.25) is 9.78 Å². The Hall–Kier alpha value is -3.14. The minimum Gasteiger partial charge on any atom is -0.465 e. The predicted molar refractivity (Wildman–Crippen MR) is 107 cm³/mol. The minimum absolute atomic E-state index is 0.0102. The molecule has 0 spiro atoms. The molecule has 7 nitrogen and oxygen atoms in total. The zero-order valence-electron chi connectivity index (χ0n) is 17.2. The summed E-state index contributed by atoms with van der Waals surface area (Å²) in [6.45, 7) is 5.16. The highest BCUT2D eigenvalue weighted by molar-refractivity contribution is 6.04. The number of carbonyl (C=O) groups excluding carboxylic acids is 2. The van der Waals surface area contributed by atoms with Gasteiger partial charge in [-0.1, -0.05) is 0 Å². The lowest BCUT2D eigenvalue weighted by Crippen LogP contribution is -2.45. The molecule has 1 amide bonds. The lowest BCUT2D eigenvalue weighted by Gasteiger charge is -2.36. The van der Waals surface area contributed by atoms with Crippen LogP contribution in [0.1, 0.15) is 40.3 Å². The van der Waals surface area contributed by atoms with Gasteiger partial charge in [-0.15, -0.1) is 0 Å². The molecule has 0 radical (unpaired) electrons. The van der Waals surface area contributed by atoms with Gasteiger partial charge in [0.1, 0.15) is 5.69 Å². The number of benzene rings is 1. The standard InChI is InChI=1S/C21H22F3N3O4/c1-12-10-27(11-13(2)31-12)17-4-5-25-18(9-17)19(28)26-16-7-14(20(29)30-3)6-15(8-16)21(22,23)24/h4-9,12-13H,10-11H2,1-3H3,(H,26,28). The van der Waals surface area contributed by atoms with E-state index < -0.39 is 23.6 Å². The minimum atomic E-state index is -4.70. The monoisotopic (exact) mass is 437 g/mol. The SMILES string of the molecule is COC(=O)c1cc(NC(=O)c2cc(N3CC(C)OC(C)C3)ccn2)cc(C(F)(F)F)c1. The number of amides is 1. The zero-order chi connectivity index (χ0) is 22.8. The lowest BCUT2D eigenvalue weighted by atomic mass is 10.1. The molecule has 1 N–H and O–H groups in total. The van der Waals surface area contributed by atoms with E-state index in [1.807, 2.05) is 13.8 Å². The van der Waals surface area contributed by atoms with Crippen LogP contribution >= 0.6 is 0 Å². The van der Waals surface area contributed by atoms with Crippen molar-refractivity contribution in [2.75, 3.05) is 30.4 Å². The maximum Gasteiger partial charge on any atom is 0.416 e. The molecule has 2 aromatic rings. The predicted octanol–water partition coefficient (Wildman–Crippen LogP) is 3.75. The fraction of sp³-hybridized carbons (Fsp3) is 0.381. The lowest BCUT2D eigenvalue weighted by molar-refractivity contribution is -0.137. The molecule has 10 heteroatoms. The summed E-state index contributed by atoms with van der Waals surface area (Å²) in [6, 6.07) is 5.85. The zero-order valence-corrected chi connectivity index (χ0v) is 17.2. The van der Waals surface area contributed by atoms with Crippen molar-refractivity contribution in [3.8, 4) is 0 Å². The van der Waals surface area contributed by atoms with Crippen LogP contribution in [0, 0.1) is 0 Å². The molecule has 1 aliphatic rings. The third-order valence-electron chi connectivity index (χ3n) is 4.70. The number of anilines is 2. The van der Waals surface area contributed by atoms with Crippen LogP contribution in [-0.4, -0.2) is 49.3 Å². The van der Waals surface area contributed by atoms with Crippen molar-refractivity contribution < 1.29 is 32.2 Å². The number of nitrogens with zero attached hydrogens (tertiary/aromatic N) is 2. The van der Waals surface area contributed by atoms with E-state index in [-0.39, 0.29) is 29.2 Å². The molecule has 1 aromatic heterocycles. The third-order valence-corrected chi connectivity index (χ3v) is 4.70. The van der Waals surface area contributed by atoms with Gasteiger partial charge in [-0.2, -0.15) is 13.2 Å². The van der Waals surface area contributed by atoms with Crippen LogP contribution in [0.15, 0.2) is 36.5 Å². The molecule has 2 unspecified atom stereocenters. The number of aromatic nitrogens is 1. The number of hydrogen-bond acceptors (Lipinski definition) is 6. The average Bonchev–Trinajstić information content (AvgIpc) is 2.71. The number of hydrogen-bond donors (Lipinski definition) is 1. The van der Waals surface area contributed by atoms with Gasteiger partial charge in [0.05, 0.1) is 30.4 Å². The molecular formula is C21H22F3N3O4. The van der Waals surface area contributed by atoms with Gasteiger partial charge in [0.15, 0.2) is 0 Å². The first-order valence-electron chi connectivity index (χ1n) is 9.55. The van der Waals surface area contributed by atoms with Crippen molar-refractivity contribution in [1.29, 1.82) is 0 Å². The van der Waals surface area contributed by atoms with Crippen LogP contribution < -0.4 is 10.2 Å². The molecule has 0 saturated carbocycles. The number of rotatable bonds is 4. The highest BCUT2D eigenvalue weighted by atomic mass is 19.4. The van der Waals surface area contributed by atoms with Crippen LogP contribution in [0.5, 0.6) is 0 Å². The number of carbonyl (C=O) groups is 2. The van der Waals surface area contributed by atoms with Gasteiger partial charge in [0, 0.05) is 30.7 Å². The Balaban J connectivity index is 1.85. The third kappa shape index (κ3) is 5.52. The fourth-order valence-corrected chi connectivity index (χ4v) is 3.42. The van der Waals surface area contributed by atoms with Crippen LogP contribution in [-0.2, 0) is 15.7 Å². The molecule has 0 bridgehead atoms. The fourth-order valence-electron chi connectivity index (χ4n) is 3.42. The first kappa shape index (κ1) is 22.5. The highest BCUT2D eigenvalue weighted by Crippen LogP contribution is 2.32. The second kappa shape index (κ2) is 8.93. The number of halogens is 3. The van der Waals surface area contributed by atoms with Crippen molar-refractivity contribution >= 4 is 23.3 Å². The molecule has 1 fully saturated rings. The Morgan fingerprint density at radius 3 is 2.45 bits per heavy atom. The van der Waals surface area contributed by atoms with E-state index in [1.165, 1.54) is 6.20 Å². The van der Waals surface area contributed by atoms with E-state index in [9.17, 15) is 22.8 Å². The number of alkyl halides is 3. The van der Waals surface area contributed by atoms with Gasteiger partial charge < -0.3 is 19.7 Å². The number of morpholine rings is 1. The van der Waals surface area contributed by atoms with Crippen molar-refractivity contribution in [2.45, 2.75) is 32.2 Å². The normalized spacial score (nSPS) is 19.1. The number of nitrogens with one attached hydrogen (secondary N) is 1. The summed E-state index contributed by atoms with van der Waals surface area (Å²) in [5, 5.41) is 2.39. The molecular weight excluding hydrogens is 415 g/mol. The van der Waals surface area contributed by atoms with Gasteiger partial charge in [-0.25, -0.2) is 4.79 Å². The first-order valence-corrected chi connectivity index (χ1v) is 9.55. The van der Waals surface area contributed by atoms with E-state index in [1.54, 1.807) is 12.1 Å². The summed E-state index contributed by atoms with van der Waals surface area (Å²) in [4.78, 5) is 30.5. The van der Waals surface area contributed by atoms with E-state index in [0.717, 1.165) is 24.9 Å². The summed E-state index contributed by atoms with van der Waals surface area (Å²) in [5.41, 5.74) is -0.821. The quantitative estimate of drug-likeness (QED) is 0.734. The Bertz CT molecular complexity index is 971. The summed E-state index contributed by atoms with van der Waals surface area (Å²) < 4.78 is 49.8. The first-order chi connectivity index (χ1) is 14.6. The Kier molecular flexibility index (Phi) is 6.49. The number of esters is 1. The maximum atomic E-state index is 13.2. The molecule has 1 aliphatic heterocycles. The van der Waals surface area contributed by atoms with E-state index in [4.69, 9.17) is 4.74 Å². The van der Waals surface area contributed by atoms with Gasteiger partial charge >= 0.3 is 12.1 Å². The second-order valence-electron chi connectivity index (χ2n) is 7.30. The molecule has 166 valence electrons. The van der Waals surface area contributed by atoms with Gasteiger partial charge in [-0.05, 0) is 44.2 Å². The van der Waals surface area contributed by atoms with E-state index in [2.05, 4.69) is 19.9 Å². The van der Waals surface area contributed by atoms with Gasteiger partial charge in [0.25, 0.3) is 5.91 Å². The van der Waals surface area contributed by atoms with Crippen molar-refractivity contribution in [1.82, 2.24) is 4.98 Å². The Morgan fingerprint density at radius 1 is 1.16 bits per heavy atom. The summed E-state index contributed by atoms with van der Waals surface area (Å²) in [7, 11) is 1.06. The van der Waals surface area contributed by atoms with Crippen LogP contribution in [0.2, 0.25) is 0 Å². The number of pyridine rings is 1. The second-order valence-corrected chi connectivity index (χ2v) is 7.30. The van der Waals surface area contributed by atoms with Crippen LogP contribution in [0.25, 0.3) is 0 Å². The topological polar surface area (TPSA) is 80.8 Å². The molecule has 0 aliphatic carbocycles. The van der Waals surface area contributed by atoms with Crippen LogP contribution in [0.3, 0.4) is 0 Å².